The van der Waals surface area contributed by atoms with Crippen LogP contribution in [0.2, 0.25) is 0 Å². The van der Waals surface area contributed by atoms with E-state index in [1.165, 1.54) is 0 Å². The number of hydrogen-bond acceptors (Lipinski definition) is 4. The summed E-state index contributed by atoms with van der Waals surface area (Å²) in [6.07, 6.45) is 1.38. The Bertz CT molecular complexity index is 439. The third-order valence-corrected chi connectivity index (χ3v) is 3.93. The Morgan fingerprint density at radius 2 is 2.00 bits per heavy atom. The Labute approximate surface area is 119 Å². The van der Waals surface area contributed by atoms with Crippen LogP contribution in [0.25, 0.3) is 0 Å². The molecule has 0 aliphatic carbocycles. The number of methoxy groups -OCH3 is 1. The van der Waals surface area contributed by atoms with Crippen molar-refractivity contribution in [2.24, 2.45) is 11.1 Å². The lowest BCUT2D eigenvalue weighted by molar-refractivity contribution is -0.136. The first-order valence-corrected chi connectivity index (χ1v) is 6.89. The molecule has 1 aromatic carbocycles. The van der Waals surface area contributed by atoms with Crippen molar-refractivity contribution in [3.8, 4) is 5.75 Å². The molecule has 2 rings (SSSR count). The molecule has 0 saturated carbocycles. The predicted molar refractivity (Wildman–Crippen MR) is 76.4 cm³/mol. The van der Waals surface area contributed by atoms with Gasteiger partial charge in [-0.2, -0.15) is 0 Å². The van der Waals surface area contributed by atoms with Gasteiger partial charge < -0.3 is 20.5 Å². The van der Waals surface area contributed by atoms with Crippen LogP contribution in [0.3, 0.4) is 0 Å². The molecule has 0 aromatic heterocycles. The molecule has 1 aromatic rings. The summed E-state index contributed by atoms with van der Waals surface area (Å²) in [5.41, 5.74) is 6.39. The van der Waals surface area contributed by atoms with E-state index in [1.54, 1.807) is 7.11 Å². The number of benzene rings is 1. The molecule has 0 unspecified atom stereocenters. The van der Waals surface area contributed by atoms with Gasteiger partial charge >= 0.3 is 0 Å². The summed E-state index contributed by atoms with van der Waals surface area (Å²) in [7, 11) is 1.63. The fourth-order valence-corrected chi connectivity index (χ4v) is 2.40. The summed E-state index contributed by atoms with van der Waals surface area (Å²) in [5, 5.41) is 2.98. The number of rotatable bonds is 5. The third kappa shape index (κ3) is 3.29. The van der Waals surface area contributed by atoms with Crippen LogP contribution in [0.4, 0.5) is 0 Å². The minimum absolute atomic E-state index is 0.0270. The predicted octanol–water partition coefficient (Wildman–Crippen LogP) is 1.07. The van der Waals surface area contributed by atoms with Crippen LogP contribution in [0.15, 0.2) is 24.3 Å². The van der Waals surface area contributed by atoms with Crippen LogP contribution in [0, 0.1) is 5.41 Å². The van der Waals surface area contributed by atoms with Crippen molar-refractivity contribution in [3.63, 3.8) is 0 Å². The standard InChI is InChI=1S/C15H22N2O3/c1-19-13-4-2-12(3-5-13)10-17-14(18)15(11-16)6-8-20-9-7-15/h2-5H,6-11,16H2,1H3,(H,17,18). The Balaban J connectivity index is 1.93. The molecule has 1 saturated heterocycles. The van der Waals surface area contributed by atoms with E-state index >= 15 is 0 Å². The molecule has 1 aliphatic rings. The molecule has 3 N–H and O–H groups in total. The quantitative estimate of drug-likeness (QED) is 0.845. The van der Waals surface area contributed by atoms with Crippen LogP contribution in [-0.2, 0) is 16.1 Å². The number of carbonyl (C=O) groups excluding carboxylic acids is 1. The first-order valence-electron chi connectivity index (χ1n) is 6.89. The number of ether oxygens (including phenoxy) is 2. The number of nitrogens with one attached hydrogen (secondary N) is 1. The molecule has 1 aliphatic heterocycles. The maximum atomic E-state index is 12.4. The number of nitrogens with two attached hydrogens (primary N) is 1. The Morgan fingerprint density at radius 1 is 1.35 bits per heavy atom. The lowest BCUT2D eigenvalue weighted by Gasteiger charge is -2.34. The Morgan fingerprint density at radius 3 is 2.55 bits per heavy atom. The summed E-state index contributed by atoms with van der Waals surface area (Å²) in [4.78, 5) is 12.4. The Hall–Kier alpha value is -1.59. The van der Waals surface area contributed by atoms with Crippen molar-refractivity contribution in [2.75, 3.05) is 26.9 Å². The Kier molecular flexibility index (Phi) is 4.98. The first-order chi connectivity index (χ1) is 9.70. The van der Waals surface area contributed by atoms with Gasteiger partial charge in [-0.1, -0.05) is 12.1 Å². The van der Waals surface area contributed by atoms with E-state index < -0.39 is 5.41 Å². The van der Waals surface area contributed by atoms with Crippen molar-refractivity contribution in [1.82, 2.24) is 5.32 Å². The lowest BCUT2D eigenvalue weighted by Crippen LogP contribution is -2.48. The van der Waals surface area contributed by atoms with Gasteiger partial charge in [0.2, 0.25) is 5.91 Å². The van der Waals surface area contributed by atoms with Gasteiger partial charge in [0.25, 0.3) is 0 Å². The molecule has 0 spiro atoms. The monoisotopic (exact) mass is 278 g/mol. The normalized spacial score (nSPS) is 17.5. The second-order valence-corrected chi connectivity index (χ2v) is 5.13. The molecular weight excluding hydrogens is 256 g/mol. The van der Waals surface area contributed by atoms with Crippen LogP contribution in [0.1, 0.15) is 18.4 Å². The molecule has 5 nitrogen and oxygen atoms in total. The zero-order valence-corrected chi connectivity index (χ0v) is 11.9. The van der Waals surface area contributed by atoms with Crippen LogP contribution < -0.4 is 15.8 Å². The fourth-order valence-electron chi connectivity index (χ4n) is 2.40. The molecule has 1 fully saturated rings. The van der Waals surface area contributed by atoms with E-state index in [0.717, 1.165) is 11.3 Å². The average molecular weight is 278 g/mol. The summed E-state index contributed by atoms with van der Waals surface area (Å²) in [5.74, 6) is 0.835. The van der Waals surface area contributed by atoms with Gasteiger partial charge in [-0.05, 0) is 30.5 Å². The van der Waals surface area contributed by atoms with E-state index in [4.69, 9.17) is 15.2 Å². The average Bonchev–Trinajstić information content (AvgIpc) is 2.53. The van der Waals surface area contributed by atoms with Gasteiger partial charge in [-0.25, -0.2) is 0 Å². The highest BCUT2D eigenvalue weighted by Gasteiger charge is 2.38. The fraction of sp³-hybridized carbons (Fsp3) is 0.533. The number of carbonyl (C=O) groups is 1. The van der Waals surface area contributed by atoms with Crippen LogP contribution in [0.5, 0.6) is 5.75 Å². The van der Waals surface area contributed by atoms with E-state index in [2.05, 4.69) is 5.32 Å². The van der Waals surface area contributed by atoms with E-state index in [-0.39, 0.29) is 5.91 Å². The molecule has 20 heavy (non-hydrogen) atoms. The SMILES string of the molecule is COc1ccc(CNC(=O)C2(CN)CCOCC2)cc1. The topological polar surface area (TPSA) is 73.6 Å². The van der Waals surface area contributed by atoms with Crippen molar-refractivity contribution in [2.45, 2.75) is 19.4 Å². The van der Waals surface area contributed by atoms with E-state index in [0.29, 0.717) is 39.1 Å². The first kappa shape index (κ1) is 14.8. The van der Waals surface area contributed by atoms with Crippen LogP contribution >= 0.6 is 0 Å². The van der Waals surface area contributed by atoms with Crippen molar-refractivity contribution in [1.29, 1.82) is 0 Å². The highest BCUT2D eigenvalue weighted by molar-refractivity contribution is 5.83. The van der Waals surface area contributed by atoms with Crippen molar-refractivity contribution in [3.05, 3.63) is 29.8 Å². The molecule has 0 atom stereocenters. The highest BCUT2D eigenvalue weighted by atomic mass is 16.5. The molecule has 1 amide bonds. The zero-order valence-electron chi connectivity index (χ0n) is 11.9. The second kappa shape index (κ2) is 6.72. The number of amides is 1. The maximum absolute atomic E-state index is 12.4. The van der Waals surface area contributed by atoms with Gasteiger partial charge in [0.15, 0.2) is 0 Å². The second-order valence-electron chi connectivity index (χ2n) is 5.13. The van der Waals surface area contributed by atoms with Crippen molar-refractivity contribution >= 4 is 5.91 Å². The molecule has 1 heterocycles. The maximum Gasteiger partial charge on any atom is 0.227 e. The molecular formula is C15H22N2O3. The highest BCUT2D eigenvalue weighted by Crippen LogP contribution is 2.29. The van der Waals surface area contributed by atoms with Gasteiger partial charge in [0.1, 0.15) is 5.75 Å². The molecule has 0 bridgehead atoms. The van der Waals surface area contributed by atoms with Crippen LogP contribution in [-0.4, -0.2) is 32.8 Å². The summed E-state index contributed by atoms with van der Waals surface area (Å²) in [6, 6.07) is 7.65. The smallest absolute Gasteiger partial charge is 0.227 e. The van der Waals surface area contributed by atoms with Gasteiger partial charge in [0, 0.05) is 26.3 Å². The molecule has 5 heteroatoms. The summed E-state index contributed by atoms with van der Waals surface area (Å²) >= 11 is 0. The molecule has 110 valence electrons. The summed E-state index contributed by atoms with van der Waals surface area (Å²) < 4.78 is 10.4. The minimum Gasteiger partial charge on any atom is -0.497 e. The van der Waals surface area contributed by atoms with Gasteiger partial charge in [-0.3, -0.25) is 4.79 Å². The van der Waals surface area contributed by atoms with Crippen molar-refractivity contribution < 1.29 is 14.3 Å². The van der Waals surface area contributed by atoms with E-state index in [9.17, 15) is 4.79 Å². The third-order valence-electron chi connectivity index (χ3n) is 3.93. The zero-order chi connectivity index (χ0) is 14.4. The van der Waals surface area contributed by atoms with Gasteiger partial charge in [-0.15, -0.1) is 0 Å². The largest absolute Gasteiger partial charge is 0.497 e. The number of hydrogen-bond donors (Lipinski definition) is 2. The summed E-state index contributed by atoms with van der Waals surface area (Å²) in [6.45, 7) is 2.08. The van der Waals surface area contributed by atoms with E-state index in [1.807, 2.05) is 24.3 Å². The lowest BCUT2D eigenvalue weighted by atomic mass is 9.79. The molecule has 0 radical (unpaired) electrons. The minimum atomic E-state index is -0.468. The van der Waals surface area contributed by atoms with Gasteiger partial charge in [0.05, 0.1) is 12.5 Å².